The summed E-state index contributed by atoms with van der Waals surface area (Å²) in [4.78, 5) is 16.2. The van der Waals surface area contributed by atoms with Gasteiger partial charge in [-0.05, 0) is 50.1 Å². The third-order valence-electron chi connectivity index (χ3n) is 6.08. The highest BCUT2D eigenvalue weighted by molar-refractivity contribution is 9.10. The molecule has 0 saturated heterocycles. The molecule has 2 heterocycles. The minimum atomic E-state index is -0.334. The van der Waals surface area contributed by atoms with Crippen molar-refractivity contribution in [2.45, 2.75) is 53.7 Å². The molecular weight excluding hydrogens is 512 g/mol. The van der Waals surface area contributed by atoms with Gasteiger partial charge in [-0.1, -0.05) is 34.9 Å². The predicted octanol–water partition coefficient (Wildman–Crippen LogP) is 5.42. The molecule has 0 amide bonds. The average Bonchev–Trinajstić information content (AvgIpc) is 3.12. The normalized spacial score (nSPS) is 13.3. The first-order valence-electron chi connectivity index (χ1n) is 11.5. The van der Waals surface area contributed by atoms with Crippen molar-refractivity contribution in [2.75, 3.05) is 13.7 Å². The third-order valence-corrected chi connectivity index (χ3v) is 6.58. The number of aryl methyl sites for hydroxylation is 1. The summed E-state index contributed by atoms with van der Waals surface area (Å²) >= 11 is 3.63. The number of fused-ring (bicyclic) bond motifs is 1. The first kappa shape index (κ1) is 26.7. The number of ether oxygens (including phenoxy) is 2. The highest BCUT2D eigenvalue weighted by Crippen LogP contribution is 2.41. The Kier molecular flexibility index (Phi) is 8.22. The van der Waals surface area contributed by atoms with Crippen molar-refractivity contribution in [3.05, 3.63) is 51.8 Å². The van der Waals surface area contributed by atoms with E-state index >= 15 is 0 Å². The standard InChI is InChI=1S/C26H33BrN4O4/c1-7-31-22-9-8-18(27)11-19(22)21(12-26(4,5)14-35-16(3)32)24(31)20-10-17(25(28)30-33)13-29-23(20)15(2)34-6/h8-11,13,15,33H,7,12,14H2,1-6H3,(H2,28,30)/t15-/m0/s1. The molecule has 0 aliphatic heterocycles. The summed E-state index contributed by atoms with van der Waals surface area (Å²) < 4.78 is 14.3. The van der Waals surface area contributed by atoms with E-state index < -0.39 is 0 Å². The van der Waals surface area contributed by atoms with Crippen molar-refractivity contribution in [1.82, 2.24) is 9.55 Å². The van der Waals surface area contributed by atoms with Gasteiger partial charge in [0.1, 0.15) is 0 Å². The summed E-state index contributed by atoms with van der Waals surface area (Å²) in [5, 5.41) is 13.6. The van der Waals surface area contributed by atoms with E-state index in [9.17, 15) is 10.0 Å². The Labute approximate surface area is 214 Å². The smallest absolute Gasteiger partial charge is 0.302 e. The molecular formula is C26H33BrN4O4. The molecule has 1 aromatic carbocycles. The molecule has 2 aromatic heterocycles. The van der Waals surface area contributed by atoms with E-state index in [4.69, 9.17) is 15.2 Å². The van der Waals surface area contributed by atoms with Crippen LogP contribution in [0.4, 0.5) is 0 Å². The Morgan fingerprint density at radius 3 is 2.66 bits per heavy atom. The zero-order valence-corrected chi connectivity index (χ0v) is 22.6. The number of esters is 1. The number of amidine groups is 1. The number of benzene rings is 1. The lowest BCUT2D eigenvalue weighted by atomic mass is 9.84. The monoisotopic (exact) mass is 544 g/mol. The predicted molar refractivity (Wildman–Crippen MR) is 141 cm³/mol. The van der Waals surface area contributed by atoms with Crippen molar-refractivity contribution in [2.24, 2.45) is 16.3 Å². The van der Waals surface area contributed by atoms with Crippen LogP contribution in [-0.2, 0) is 27.2 Å². The topological polar surface area (TPSA) is 112 Å². The molecule has 3 aromatic rings. The maximum atomic E-state index is 11.5. The Balaban J connectivity index is 2.38. The van der Waals surface area contributed by atoms with Gasteiger partial charge in [-0.15, -0.1) is 0 Å². The van der Waals surface area contributed by atoms with Crippen LogP contribution in [0.2, 0.25) is 0 Å². The maximum absolute atomic E-state index is 11.5. The fraction of sp³-hybridized carbons (Fsp3) is 0.423. The number of hydrogen-bond acceptors (Lipinski definition) is 6. The summed E-state index contributed by atoms with van der Waals surface area (Å²) in [6.07, 6.45) is 1.94. The molecule has 8 nitrogen and oxygen atoms in total. The van der Waals surface area contributed by atoms with Gasteiger partial charge in [-0.25, -0.2) is 0 Å². The van der Waals surface area contributed by atoms with Crippen LogP contribution >= 0.6 is 15.9 Å². The van der Waals surface area contributed by atoms with Crippen molar-refractivity contribution in [1.29, 1.82) is 0 Å². The van der Waals surface area contributed by atoms with E-state index in [0.29, 0.717) is 18.5 Å². The lowest BCUT2D eigenvalue weighted by Crippen LogP contribution is -2.24. The number of oxime groups is 1. The highest BCUT2D eigenvalue weighted by atomic mass is 79.9. The summed E-state index contributed by atoms with van der Waals surface area (Å²) in [5.74, 6) is -0.321. The van der Waals surface area contributed by atoms with Crippen LogP contribution in [0.5, 0.6) is 0 Å². The second-order valence-electron chi connectivity index (χ2n) is 9.37. The molecule has 0 unspecified atom stereocenters. The Hall–Kier alpha value is -2.91. The maximum Gasteiger partial charge on any atom is 0.302 e. The molecule has 35 heavy (non-hydrogen) atoms. The van der Waals surface area contributed by atoms with E-state index in [0.717, 1.165) is 37.9 Å². The number of nitrogens with zero attached hydrogens (tertiary/aromatic N) is 3. The van der Waals surface area contributed by atoms with Crippen LogP contribution in [0.1, 0.15) is 57.5 Å². The summed E-state index contributed by atoms with van der Waals surface area (Å²) in [6.45, 7) is 10.6. The molecule has 188 valence electrons. The van der Waals surface area contributed by atoms with Crippen molar-refractivity contribution in [3.8, 4) is 11.3 Å². The number of hydrogen-bond donors (Lipinski definition) is 2. The van der Waals surface area contributed by atoms with Gasteiger partial charge in [-0.3, -0.25) is 9.78 Å². The van der Waals surface area contributed by atoms with Gasteiger partial charge in [0.05, 0.1) is 24.1 Å². The summed E-state index contributed by atoms with van der Waals surface area (Å²) in [6, 6.07) is 8.12. The first-order valence-corrected chi connectivity index (χ1v) is 12.3. The zero-order chi connectivity index (χ0) is 25.9. The van der Waals surface area contributed by atoms with Crippen LogP contribution in [0, 0.1) is 5.41 Å². The molecule has 9 heteroatoms. The average molecular weight is 545 g/mol. The third kappa shape index (κ3) is 5.67. The molecule has 3 rings (SSSR count). The fourth-order valence-corrected chi connectivity index (χ4v) is 4.70. The van der Waals surface area contributed by atoms with E-state index in [1.807, 2.05) is 19.1 Å². The Morgan fingerprint density at radius 2 is 2.06 bits per heavy atom. The summed E-state index contributed by atoms with van der Waals surface area (Å²) in [7, 11) is 1.64. The number of methoxy groups -OCH3 is 1. The van der Waals surface area contributed by atoms with Crippen LogP contribution < -0.4 is 5.73 Å². The molecule has 0 bridgehead atoms. The number of pyridine rings is 1. The molecule has 3 N–H and O–H groups in total. The molecule has 0 aliphatic rings. The first-order chi connectivity index (χ1) is 16.5. The minimum Gasteiger partial charge on any atom is -0.465 e. The molecule has 0 spiro atoms. The van der Waals surface area contributed by atoms with E-state index in [2.05, 4.69) is 63.5 Å². The second kappa shape index (κ2) is 10.8. The molecule has 1 atom stereocenters. The van der Waals surface area contributed by atoms with Gasteiger partial charge in [0.25, 0.3) is 0 Å². The number of halogens is 1. The largest absolute Gasteiger partial charge is 0.465 e. The van der Waals surface area contributed by atoms with Gasteiger partial charge < -0.3 is 25.0 Å². The fourth-order valence-electron chi connectivity index (χ4n) is 4.34. The minimum absolute atomic E-state index is 0.0194. The van der Waals surface area contributed by atoms with Crippen molar-refractivity contribution < 1.29 is 19.5 Å². The van der Waals surface area contributed by atoms with Crippen LogP contribution in [0.15, 0.2) is 40.1 Å². The molecule has 0 aliphatic carbocycles. The van der Waals surface area contributed by atoms with Crippen LogP contribution in [0.25, 0.3) is 22.2 Å². The Bertz CT molecular complexity index is 1270. The molecule has 0 fully saturated rings. The van der Waals surface area contributed by atoms with Crippen molar-refractivity contribution in [3.63, 3.8) is 0 Å². The number of rotatable bonds is 9. The van der Waals surface area contributed by atoms with Gasteiger partial charge in [0, 0.05) is 58.7 Å². The number of carbonyl (C=O) groups is 1. The number of nitrogens with two attached hydrogens (primary N) is 1. The molecule has 0 radical (unpaired) electrons. The van der Waals surface area contributed by atoms with Crippen LogP contribution in [-0.4, -0.2) is 40.3 Å². The molecule has 0 saturated carbocycles. The van der Waals surface area contributed by atoms with Gasteiger partial charge in [0.2, 0.25) is 0 Å². The zero-order valence-electron chi connectivity index (χ0n) is 21.1. The SMILES string of the molecule is CCn1c(-c2cc(/C(N)=N/O)cnc2[C@H](C)OC)c(CC(C)(C)COC(C)=O)c2cc(Br)ccc21. The van der Waals surface area contributed by atoms with E-state index in [1.165, 1.54) is 6.92 Å². The highest BCUT2D eigenvalue weighted by Gasteiger charge is 2.29. The van der Waals surface area contributed by atoms with Crippen LogP contribution in [0.3, 0.4) is 0 Å². The number of carbonyl (C=O) groups excluding carboxylic acids is 1. The number of aromatic nitrogens is 2. The van der Waals surface area contributed by atoms with Gasteiger partial charge in [0.15, 0.2) is 5.84 Å². The lowest BCUT2D eigenvalue weighted by molar-refractivity contribution is -0.143. The van der Waals surface area contributed by atoms with Gasteiger partial charge in [-0.2, -0.15) is 0 Å². The van der Waals surface area contributed by atoms with Crippen molar-refractivity contribution >= 4 is 38.6 Å². The Morgan fingerprint density at radius 1 is 1.34 bits per heavy atom. The second-order valence-corrected chi connectivity index (χ2v) is 10.3. The summed E-state index contributed by atoms with van der Waals surface area (Å²) in [5.41, 5.74) is 10.9. The lowest BCUT2D eigenvalue weighted by Gasteiger charge is -2.25. The van der Waals surface area contributed by atoms with E-state index in [1.54, 1.807) is 13.3 Å². The quantitative estimate of drug-likeness (QED) is 0.122. The van der Waals surface area contributed by atoms with E-state index in [-0.39, 0.29) is 29.9 Å². The van der Waals surface area contributed by atoms with Gasteiger partial charge >= 0.3 is 5.97 Å².